The van der Waals surface area contributed by atoms with Crippen LogP contribution in [-0.4, -0.2) is 48.9 Å². The summed E-state index contributed by atoms with van der Waals surface area (Å²) in [6, 6.07) is 14.6. The zero-order chi connectivity index (χ0) is 23.2. The summed E-state index contributed by atoms with van der Waals surface area (Å²) in [6.45, 7) is 7.13. The molecule has 6 nitrogen and oxygen atoms in total. The van der Waals surface area contributed by atoms with E-state index in [4.69, 9.17) is 0 Å². The molecule has 33 heavy (non-hydrogen) atoms. The van der Waals surface area contributed by atoms with Crippen LogP contribution in [0.2, 0.25) is 0 Å². The van der Waals surface area contributed by atoms with E-state index in [2.05, 4.69) is 32.6 Å². The van der Waals surface area contributed by atoms with Crippen molar-refractivity contribution in [3.63, 3.8) is 0 Å². The number of para-hydroxylation sites is 1. The molecule has 1 aliphatic heterocycles. The van der Waals surface area contributed by atoms with Crippen LogP contribution in [0.3, 0.4) is 0 Å². The fourth-order valence-corrected chi connectivity index (χ4v) is 4.58. The number of carbonyl (C=O) groups is 2. The second kappa shape index (κ2) is 10.8. The van der Waals surface area contributed by atoms with Gasteiger partial charge >= 0.3 is 0 Å². The van der Waals surface area contributed by atoms with Gasteiger partial charge in [0.2, 0.25) is 11.8 Å². The molecule has 0 atom stereocenters. The van der Waals surface area contributed by atoms with E-state index >= 15 is 0 Å². The van der Waals surface area contributed by atoms with Gasteiger partial charge in [-0.05, 0) is 81.3 Å². The van der Waals surface area contributed by atoms with Crippen LogP contribution in [0.5, 0.6) is 0 Å². The van der Waals surface area contributed by atoms with Crippen molar-refractivity contribution in [1.82, 2.24) is 4.90 Å². The summed E-state index contributed by atoms with van der Waals surface area (Å²) in [7, 11) is 0. The number of rotatable bonds is 9. The lowest BCUT2D eigenvalue weighted by atomic mass is 10.1. The molecule has 2 N–H and O–H groups in total. The average Bonchev–Trinajstić information content (AvgIpc) is 3.66. The first kappa shape index (κ1) is 23.3. The molecule has 0 spiro atoms. The summed E-state index contributed by atoms with van der Waals surface area (Å²) in [5, 5.41) is 6.08. The Kier molecular flexibility index (Phi) is 7.65. The topological polar surface area (TPSA) is 64.7 Å². The van der Waals surface area contributed by atoms with Crippen molar-refractivity contribution in [2.24, 2.45) is 0 Å². The smallest absolute Gasteiger partial charge is 0.238 e. The van der Waals surface area contributed by atoms with Gasteiger partial charge in [0.15, 0.2) is 0 Å². The van der Waals surface area contributed by atoms with Crippen molar-refractivity contribution in [1.29, 1.82) is 0 Å². The molecule has 2 fully saturated rings. The molecular weight excluding hydrogens is 412 g/mol. The van der Waals surface area contributed by atoms with Gasteiger partial charge in [0.05, 0.1) is 6.54 Å². The third kappa shape index (κ3) is 6.57. The van der Waals surface area contributed by atoms with Crippen molar-refractivity contribution >= 4 is 28.9 Å². The predicted molar refractivity (Wildman–Crippen MR) is 135 cm³/mol. The fraction of sp³-hybridized carbons (Fsp3) is 0.481. The summed E-state index contributed by atoms with van der Waals surface area (Å²) in [5.41, 5.74) is 5.07. The average molecular weight is 449 g/mol. The van der Waals surface area contributed by atoms with Gasteiger partial charge in [-0.1, -0.05) is 18.2 Å². The van der Waals surface area contributed by atoms with E-state index in [1.807, 2.05) is 44.2 Å². The molecule has 0 radical (unpaired) electrons. The van der Waals surface area contributed by atoms with E-state index in [0.717, 1.165) is 48.4 Å². The maximum absolute atomic E-state index is 12.7. The van der Waals surface area contributed by atoms with Crippen molar-refractivity contribution in [2.75, 3.05) is 41.7 Å². The summed E-state index contributed by atoms with van der Waals surface area (Å²) < 4.78 is 0. The van der Waals surface area contributed by atoms with Crippen LogP contribution in [0.15, 0.2) is 42.5 Å². The molecule has 4 rings (SSSR count). The highest BCUT2D eigenvalue weighted by atomic mass is 16.2. The second-order valence-electron chi connectivity index (χ2n) is 9.41. The van der Waals surface area contributed by atoms with E-state index in [1.165, 1.54) is 24.9 Å². The number of hydrogen-bond donors (Lipinski definition) is 2. The number of carbonyl (C=O) groups excluding carboxylic acids is 2. The molecule has 2 aromatic rings. The summed E-state index contributed by atoms with van der Waals surface area (Å²) in [4.78, 5) is 29.8. The Labute approximate surface area is 197 Å². The number of nitrogens with one attached hydrogen (secondary N) is 2. The van der Waals surface area contributed by atoms with Crippen molar-refractivity contribution in [3.05, 3.63) is 53.6 Å². The molecular formula is C27H36N4O2. The Bertz CT molecular complexity index is 942. The van der Waals surface area contributed by atoms with Crippen LogP contribution in [0.4, 0.5) is 17.1 Å². The Balaban J connectivity index is 1.26. The number of hydrogen-bond acceptors (Lipinski definition) is 4. The molecule has 1 aliphatic carbocycles. The van der Waals surface area contributed by atoms with Crippen molar-refractivity contribution in [3.8, 4) is 0 Å². The molecule has 1 heterocycles. The standard InChI is InChI=1S/C27H36N4O2/c1-20-7-6-8-21(2)27(20)29-26(33)19-31(24-13-14-24)18-15-25(32)28-22-9-11-23(12-10-22)30-16-4-3-5-17-30/h6-12,24H,3-5,13-19H2,1-2H3,(H,28,32)(H,29,33). The number of anilines is 3. The summed E-state index contributed by atoms with van der Waals surface area (Å²) in [6.07, 6.45) is 6.38. The first-order valence-electron chi connectivity index (χ1n) is 12.2. The minimum Gasteiger partial charge on any atom is -0.372 e. The predicted octanol–water partition coefficient (Wildman–Crippen LogP) is 4.73. The zero-order valence-electron chi connectivity index (χ0n) is 19.9. The van der Waals surface area contributed by atoms with Crippen LogP contribution >= 0.6 is 0 Å². The van der Waals surface area contributed by atoms with Crippen LogP contribution in [0, 0.1) is 13.8 Å². The van der Waals surface area contributed by atoms with Crippen LogP contribution in [-0.2, 0) is 9.59 Å². The Morgan fingerprint density at radius 3 is 2.21 bits per heavy atom. The molecule has 2 amide bonds. The molecule has 2 aromatic carbocycles. The number of piperidine rings is 1. The van der Waals surface area contributed by atoms with E-state index < -0.39 is 0 Å². The largest absolute Gasteiger partial charge is 0.372 e. The lowest BCUT2D eigenvalue weighted by molar-refractivity contribution is -0.119. The monoisotopic (exact) mass is 448 g/mol. The maximum Gasteiger partial charge on any atom is 0.238 e. The lowest BCUT2D eigenvalue weighted by Gasteiger charge is -2.28. The van der Waals surface area contributed by atoms with Gasteiger partial charge in [0, 0.05) is 49.2 Å². The quantitative estimate of drug-likeness (QED) is 0.582. The van der Waals surface area contributed by atoms with Crippen LogP contribution < -0.4 is 15.5 Å². The first-order chi connectivity index (χ1) is 16.0. The Hall–Kier alpha value is -2.86. The number of benzene rings is 2. The normalized spacial score (nSPS) is 16.0. The third-order valence-corrected chi connectivity index (χ3v) is 6.65. The Morgan fingerprint density at radius 2 is 1.58 bits per heavy atom. The molecule has 0 aromatic heterocycles. The van der Waals surface area contributed by atoms with Crippen LogP contribution in [0.1, 0.15) is 49.7 Å². The fourth-order valence-electron chi connectivity index (χ4n) is 4.58. The number of aryl methyl sites for hydroxylation is 2. The third-order valence-electron chi connectivity index (χ3n) is 6.65. The van der Waals surface area contributed by atoms with E-state index in [1.54, 1.807) is 0 Å². The van der Waals surface area contributed by atoms with Crippen molar-refractivity contribution in [2.45, 2.75) is 58.4 Å². The van der Waals surface area contributed by atoms with Gasteiger partial charge in [-0.2, -0.15) is 0 Å². The van der Waals surface area contributed by atoms with Crippen molar-refractivity contribution < 1.29 is 9.59 Å². The minimum atomic E-state index is -0.0204. The van der Waals surface area contributed by atoms with Gasteiger partial charge in [0.1, 0.15) is 0 Å². The zero-order valence-corrected chi connectivity index (χ0v) is 19.9. The molecule has 1 saturated heterocycles. The highest BCUT2D eigenvalue weighted by molar-refractivity contribution is 5.94. The van der Waals surface area contributed by atoms with E-state index in [0.29, 0.717) is 25.6 Å². The van der Waals surface area contributed by atoms with Gasteiger partial charge in [-0.15, -0.1) is 0 Å². The molecule has 0 bridgehead atoms. The van der Waals surface area contributed by atoms with E-state index in [9.17, 15) is 9.59 Å². The lowest BCUT2D eigenvalue weighted by Crippen LogP contribution is -2.37. The summed E-state index contributed by atoms with van der Waals surface area (Å²) in [5.74, 6) is -0.0328. The molecule has 6 heteroatoms. The maximum atomic E-state index is 12.7. The van der Waals surface area contributed by atoms with Gasteiger partial charge in [-0.3, -0.25) is 14.5 Å². The van der Waals surface area contributed by atoms with Gasteiger partial charge in [-0.25, -0.2) is 0 Å². The number of nitrogens with zero attached hydrogens (tertiary/aromatic N) is 2. The SMILES string of the molecule is Cc1cccc(C)c1NC(=O)CN(CCC(=O)Nc1ccc(N2CCCCC2)cc1)C1CC1. The Morgan fingerprint density at radius 1 is 0.909 bits per heavy atom. The molecule has 1 saturated carbocycles. The minimum absolute atomic E-state index is 0.0125. The van der Waals surface area contributed by atoms with Gasteiger partial charge < -0.3 is 15.5 Å². The first-order valence-corrected chi connectivity index (χ1v) is 12.2. The number of amides is 2. The second-order valence-corrected chi connectivity index (χ2v) is 9.41. The van der Waals surface area contributed by atoms with Gasteiger partial charge in [0.25, 0.3) is 0 Å². The summed E-state index contributed by atoms with van der Waals surface area (Å²) >= 11 is 0. The molecule has 0 unspecified atom stereocenters. The van der Waals surface area contributed by atoms with E-state index in [-0.39, 0.29) is 11.8 Å². The highest BCUT2D eigenvalue weighted by Crippen LogP contribution is 2.27. The highest BCUT2D eigenvalue weighted by Gasteiger charge is 2.30. The van der Waals surface area contributed by atoms with Crippen LogP contribution in [0.25, 0.3) is 0 Å². The molecule has 2 aliphatic rings. The molecule has 176 valence electrons.